The molecule has 3 rings (SSSR count). The van der Waals surface area contributed by atoms with Gasteiger partial charge in [-0.05, 0) is 30.3 Å². The summed E-state index contributed by atoms with van der Waals surface area (Å²) in [6.07, 6.45) is 1.53. The van der Waals surface area contributed by atoms with Crippen LogP contribution in [0.3, 0.4) is 0 Å². The molecule has 0 fully saturated rings. The van der Waals surface area contributed by atoms with Crippen LogP contribution in [0, 0.1) is 0 Å². The summed E-state index contributed by atoms with van der Waals surface area (Å²) in [7, 11) is 0. The molecule has 1 aliphatic heterocycles. The molecule has 0 bridgehead atoms. The summed E-state index contributed by atoms with van der Waals surface area (Å²) in [5.74, 6) is 1.77. The standard InChI is InChI=1S/C15H17ClN6O2/c16-11-3-6-14(18-7-11)24-13-4-1-10(2-5-13)15-19-21-22(20-15)8-12(17)9-23/h1-7,12,21,23H,8-9,17H2,(H,19,20)/t12-/m1/s1. The number of hydrazine groups is 2. The number of rotatable bonds is 6. The second-order valence-corrected chi connectivity index (χ2v) is 5.60. The maximum absolute atomic E-state index is 8.97. The molecule has 24 heavy (non-hydrogen) atoms. The Labute approximate surface area is 143 Å². The third-order valence-corrected chi connectivity index (χ3v) is 3.45. The van der Waals surface area contributed by atoms with Crippen molar-refractivity contribution in [3.05, 3.63) is 53.2 Å². The molecule has 1 aromatic carbocycles. The van der Waals surface area contributed by atoms with E-state index in [1.165, 1.54) is 6.20 Å². The van der Waals surface area contributed by atoms with E-state index in [9.17, 15) is 0 Å². The number of nitrogens with one attached hydrogen (secondary N) is 2. The zero-order chi connectivity index (χ0) is 16.9. The molecule has 1 aliphatic rings. The lowest BCUT2D eigenvalue weighted by Crippen LogP contribution is -2.49. The minimum Gasteiger partial charge on any atom is -0.439 e. The van der Waals surface area contributed by atoms with Gasteiger partial charge in [0.1, 0.15) is 5.75 Å². The second-order valence-electron chi connectivity index (χ2n) is 5.17. The Hall–Kier alpha value is -2.39. The molecule has 9 heteroatoms. The molecule has 0 amide bonds. The first kappa shape index (κ1) is 16.5. The van der Waals surface area contributed by atoms with Gasteiger partial charge in [0.05, 0.1) is 18.2 Å². The van der Waals surface area contributed by atoms with Gasteiger partial charge in [0.2, 0.25) is 5.88 Å². The lowest BCUT2D eigenvalue weighted by Gasteiger charge is -2.18. The van der Waals surface area contributed by atoms with Crippen molar-refractivity contribution in [3.63, 3.8) is 0 Å². The van der Waals surface area contributed by atoms with Crippen LogP contribution in [0.5, 0.6) is 11.6 Å². The SMILES string of the molecule is N[C@@H](CO)CN1NN=C(c2ccc(Oc3ccc(Cl)cn3)cc2)N1. The molecule has 0 saturated carbocycles. The summed E-state index contributed by atoms with van der Waals surface area (Å²) in [6, 6.07) is 10.4. The van der Waals surface area contributed by atoms with E-state index in [1.807, 2.05) is 24.3 Å². The Balaban J connectivity index is 1.60. The first-order valence-corrected chi connectivity index (χ1v) is 7.65. The number of aromatic nitrogens is 1. The fourth-order valence-corrected chi connectivity index (χ4v) is 2.13. The van der Waals surface area contributed by atoms with Gasteiger partial charge in [-0.15, -0.1) is 10.2 Å². The van der Waals surface area contributed by atoms with Gasteiger partial charge in [-0.2, -0.15) is 0 Å². The number of aliphatic hydroxyl groups excluding tert-OH is 1. The van der Waals surface area contributed by atoms with Gasteiger partial charge < -0.3 is 15.6 Å². The summed E-state index contributed by atoms with van der Waals surface area (Å²) in [5.41, 5.74) is 12.4. The van der Waals surface area contributed by atoms with E-state index in [0.29, 0.717) is 29.0 Å². The molecule has 0 saturated heterocycles. The molecule has 5 N–H and O–H groups in total. The predicted octanol–water partition coefficient (Wildman–Crippen LogP) is 0.833. The summed E-state index contributed by atoms with van der Waals surface area (Å²) >= 11 is 5.79. The van der Waals surface area contributed by atoms with Crippen LogP contribution in [0.2, 0.25) is 5.02 Å². The average molecular weight is 349 g/mol. The summed E-state index contributed by atoms with van der Waals surface area (Å²) < 4.78 is 5.64. The number of hydrazone groups is 1. The number of pyridine rings is 1. The molecule has 126 valence electrons. The molecular formula is C15H17ClN6O2. The zero-order valence-electron chi connectivity index (χ0n) is 12.7. The minimum absolute atomic E-state index is 0.0973. The zero-order valence-corrected chi connectivity index (χ0v) is 13.4. The van der Waals surface area contributed by atoms with Crippen molar-refractivity contribution in [2.45, 2.75) is 6.04 Å². The monoisotopic (exact) mass is 348 g/mol. The Morgan fingerprint density at radius 1 is 1.25 bits per heavy atom. The number of aliphatic hydroxyl groups is 1. The van der Waals surface area contributed by atoms with Crippen LogP contribution in [0.4, 0.5) is 0 Å². The second kappa shape index (κ2) is 7.45. The average Bonchev–Trinajstić information content (AvgIpc) is 3.06. The van der Waals surface area contributed by atoms with Gasteiger partial charge in [0.15, 0.2) is 5.84 Å². The summed E-state index contributed by atoms with van der Waals surface area (Å²) in [4.78, 5) is 4.08. The van der Waals surface area contributed by atoms with Crippen LogP contribution in [-0.4, -0.2) is 40.2 Å². The third kappa shape index (κ3) is 4.12. The van der Waals surface area contributed by atoms with Crippen LogP contribution in [0.15, 0.2) is 47.7 Å². The Morgan fingerprint density at radius 2 is 2.04 bits per heavy atom. The van der Waals surface area contributed by atoms with Crippen LogP contribution in [0.25, 0.3) is 0 Å². The molecule has 2 aromatic rings. The van der Waals surface area contributed by atoms with E-state index in [1.54, 1.807) is 17.3 Å². The first-order valence-electron chi connectivity index (χ1n) is 7.28. The molecule has 0 unspecified atom stereocenters. The molecule has 1 aromatic heterocycles. The lowest BCUT2D eigenvalue weighted by atomic mass is 10.2. The largest absolute Gasteiger partial charge is 0.439 e. The van der Waals surface area contributed by atoms with E-state index in [4.69, 9.17) is 27.2 Å². The molecule has 1 atom stereocenters. The van der Waals surface area contributed by atoms with Crippen molar-refractivity contribution in [1.29, 1.82) is 0 Å². The Morgan fingerprint density at radius 3 is 2.71 bits per heavy atom. The quantitative estimate of drug-likeness (QED) is 0.612. The molecule has 0 radical (unpaired) electrons. The normalized spacial score (nSPS) is 15.4. The Kier molecular flexibility index (Phi) is 5.11. The van der Waals surface area contributed by atoms with Gasteiger partial charge in [0, 0.05) is 23.9 Å². The molecule has 0 spiro atoms. The highest BCUT2D eigenvalue weighted by Gasteiger charge is 2.18. The van der Waals surface area contributed by atoms with Crippen LogP contribution >= 0.6 is 11.6 Å². The predicted molar refractivity (Wildman–Crippen MR) is 90.3 cm³/mol. The highest BCUT2D eigenvalue weighted by Crippen LogP contribution is 2.21. The van der Waals surface area contributed by atoms with E-state index in [0.717, 1.165) is 5.56 Å². The van der Waals surface area contributed by atoms with Crippen LogP contribution in [0.1, 0.15) is 5.56 Å². The fraction of sp³-hybridized carbons (Fsp3) is 0.200. The highest BCUT2D eigenvalue weighted by atomic mass is 35.5. The smallest absolute Gasteiger partial charge is 0.219 e. The van der Waals surface area contributed by atoms with Crippen molar-refractivity contribution >= 4 is 17.4 Å². The number of halogens is 1. The number of ether oxygens (including phenoxy) is 1. The Bertz CT molecular complexity index is 707. The fourth-order valence-electron chi connectivity index (χ4n) is 2.02. The number of amidine groups is 1. The minimum atomic E-state index is -0.359. The maximum Gasteiger partial charge on any atom is 0.219 e. The van der Waals surface area contributed by atoms with Gasteiger partial charge in [-0.1, -0.05) is 11.6 Å². The summed E-state index contributed by atoms with van der Waals surface area (Å²) in [6.45, 7) is 0.312. The number of nitrogens with two attached hydrogens (primary N) is 1. The van der Waals surface area contributed by atoms with Gasteiger partial charge in [0.25, 0.3) is 0 Å². The third-order valence-electron chi connectivity index (χ3n) is 3.23. The van der Waals surface area contributed by atoms with Crippen LogP contribution in [-0.2, 0) is 0 Å². The van der Waals surface area contributed by atoms with Gasteiger partial charge in [-0.25, -0.2) is 10.5 Å². The van der Waals surface area contributed by atoms with Crippen molar-refractivity contribution in [3.8, 4) is 11.6 Å². The highest BCUT2D eigenvalue weighted by molar-refractivity contribution is 6.30. The van der Waals surface area contributed by atoms with E-state index < -0.39 is 0 Å². The van der Waals surface area contributed by atoms with E-state index in [-0.39, 0.29) is 12.6 Å². The van der Waals surface area contributed by atoms with E-state index in [2.05, 4.69) is 21.0 Å². The summed E-state index contributed by atoms with van der Waals surface area (Å²) in [5, 5.41) is 15.3. The molecule has 0 aliphatic carbocycles. The number of benzene rings is 1. The van der Waals surface area contributed by atoms with Gasteiger partial charge in [-0.3, -0.25) is 5.43 Å². The number of nitrogens with zero attached hydrogens (tertiary/aromatic N) is 3. The molecular weight excluding hydrogens is 332 g/mol. The number of hydrogen-bond acceptors (Lipinski definition) is 8. The number of hydrogen-bond donors (Lipinski definition) is 4. The van der Waals surface area contributed by atoms with Crippen molar-refractivity contribution in [2.75, 3.05) is 13.2 Å². The molecule has 2 heterocycles. The molecule has 8 nitrogen and oxygen atoms in total. The van der Waals surface area contributed by atoms with Crippen molar-refractivity contribution < 1.29 is 9.84 Å². The first-order chi connectivity index (χ1) is 11.6. The lowest BCUT2D eigenvalue weighted by molar-refractivity contribution is 0.143. The van der Waals surface area contributed by atoms with Crippen molar-refractivity contribution in [2.24, 2.45) is 10.8 Å². The van der Waals surface area contributed by atoms with Crippen molar-refractivity contribution in [1.82, 2.24) is 21.1 Å². The topological polar surface area (TPSA) is 108 Å². The van der Waals surface area contributed by atoms with Crippen LogP contribution < -0.4 is 21.4 Å². The van der Waals surface area contributed by atoms with Gasteiger partial charge >= 0.3 is 0 Å². The maximum atomic E-state index is 8.97. The van der Waals surface area contributed by atoms with E-state index >= 15 is 0 Å².